The monoisotopic (exact) mass is 234 g/mol. The molecule has 17 heavy (non-hydrogen) atoms. The summed E-state index contributed by atoms with van der Waals surface area (Å²) >= 11 is 0. The van der Waals surface area contributed by atoms with E-state index in [0.29, 0.717) is 11.1 Å². The summed E-state index contributed by atoms with van der Waals surface area (Å²) < 4.78 is 0. The lowest BCUT2D eigenvalue weighted by Gasteiger charge is -2.27. The van der Waals surface area contributed by atoms with E-state index in [2.05, 4.69) is 4.98 Å². The van der Waals surface area contributed by atoms with Crippen LogP contribution in [0.15, 0.2) is 18.5 Å². The van der Waals surface area contributed by atoms with Crippen molar-refractivity contribution >= 4 is 11.8 Å². The molecule has 1 aromatic heterocycles. The predicted octanol–water partition coefficient (Wildman–Crippen LogP) is 0.695. The van der Waals surface area contributed by atoms with E-state index >= 15 is 0 Å². The fourth-order valence-electron chi connectivity index (χ4n) is 1.99. The molecule has 5 nitrogen and oxygen atoms in total. The zero-order valence-electron chi connectivity index (χ0n) is 9.75. The number of hydrogen-bond donors (Lipinski definition) is 1. The van der Waals surface area contributed by atoms with Crippen molar-refractivity contribution in [3.05, 3.63) is 29.6 Å². The van der Waals surface area contributed by atoms with Gasteiger partial charge in [0.15, 0.2) is 0 Å². The molecule has 0 aromatic carbocycles. The molecule has 1 aromatic rings. The van der Waals surface area contributed by atoms with Gasteiger partial charge in [-0.3, -0.25) is 19.5 Å². The van der Waals surface area contributed by atoms with Gasteiger partial charge in [0.2, 0.25) is 0 Å². The van der Waals surface area contributed by atoms with Gasteiger partial charge in [0, 0.05) is 12.4 Å². The highest BCUT2D eigenvalue weighted by molar-refractivity contribution is 6.21. The zero-order chi connectivity index (χ0) is 12.6. The summed E-state index contributed by atoms with van der Waals surface area (Å²) in [7, 11) is 0. The molecule has 1 unspecified atom stereocenters. The second-order valence-corrected chi connectivity index (χ2v) is 4.40. The molecule has 0 saturated heterocycles. The molecule has 90 valence electrons. The van der Waals surface area contributed by atoms with Crippen LogP contribution in [0, 0.1) is 5.92 Å². The van der Waals surface area contributed by atoms with E-state index in [0.717, 1.165) is 4.90 Å². The molecule has 2 amide bonds. The largest absolute Gasteiger partial charge is 0.394 e. The lowest BCUT2D eigenvalue weighted by molar-refractivity contribution is 0.0452. The van der Waals surface area contributed by atoms with Crippen LogP contribution in [-0.4, -0.2) is 39.5 Å². The highest BCUT2D eigenvalue weighted by Crippen LogP contribution is 2.25. The molecule has 2 heterocycles. The van der Waals surface area contributed by atoms with Crippen molar-refractivity contribution < 1.29 is 14.7 Å². The number of imide groups is 1. The minimum absolute atomic E-state index is 0.00942. The Labute approximate surface area is 99.1 Å². The second kappa shape index (κ2) is 4.25. The molecule has 1 aliphatic rings. The summed E-state index contributed by atoms with van der Waals surface area (Å²) in [5.41, 5.74) is 0.681. The maximum atomic E-state index is 12.1. The summed E-state index contributed by atoms with van der Waals surface area (Å²) in [6.45, 7) is 3.50. The lowest BCUT2D eigenvalue weighted by atomic mass is 10.0. The number of hydrogen-bond acceptors (Lipinski definition) is 4. The topological polar surface area (TPSA) is 70.5 Å². The highest BCUT2D eigenvalue weighted by Gasteiger charge is 2.40. The first kappa shape index (κ1) is 11.7. The van der Waals surface area contributed by atoms with Crippen molar-refractivity contribution in [3.8, 4) is 0 Å². The first-order chi connectivity index (χ1) is 8.07. The predicted molar refractivity (Wildman–Crippen MR) is 60.4 cm³/mol. The molecule has 0 saturated carbocycles. The van der Waals surface area contributed by atoms with E-state index in [9.17, 15) is 14.7 Å². The van der Waals surface area contributed by atoms with Crippen molar-refractivity contribution in [3.63, 3.8) is 0 Å². The molecule has 0 spiro atoms. The van der Waals surface area contributed by atoms with Crippen molar-refractivity contribution in [1.82, 2.24) is 9.88 Å². The Morgan fingerprint density at radius 2 is 1.94 bits per heavy atom. The summed E-state index contributed by atoms with van der Waals surface area (Å²) in [4.78, 5) is 29.1. The SMILES string of the molecule is CC(C)C(CO)N1C(=O)c2ccncc2C1=O. The molecular formula is C12H14N2O3. The Morgan fingerprint density at radius 1 is 1.29 bits per heavy atom. The highest BCUT2D eigenvalue weighted by atomic mass is 16.3. The minimum Gasteiger partial charge on any atom is -0.394 e. The van der Waals surface area contributed by atoms with Gasteiger partial charge in [0.25, 0.3) is 11.8 Å². The fraction of sp³-hybridized carbons (Fsp3) is 0.417. The summed E-state index contributed by atoms with van der Waals surface area (Å²) in [5.74, 6) is -0.707. The van der Waals surface area contributed by atoms with E-state index in [4.69, 9.17) is 0 Å². The number of aromatic nitrogens is 1. The van der Waals surface area contributed by atoms with E-state index in [1.54, 1.807) is 0 Å². The molecule has 0 aliphatic carbocycles. The quantitative estimate of drug-likeness (QED) is 0.781. The second-order valence-electron chi connectivity index (χ2n) is 4.40. The van der Waals surface area contributed by atoms with Crippen LogP contribution in [-0.2, 0) is 0 Å². The van der Waals surface area contributed by atoms with Gasteiger partial charge < -0.3 is 5.11 Å². The van der Waals surface area contributed by atoms with E-state index in [1.165, 1.54) is 18.5 Å². The minimum atomic E-state index is -0.484. The molecule has 5 heteroatoms. The molecule has 0 fully saturated rings. The van der Waals surface area contributed by atoms with Crippen molar-refractivity contribution in [2.24, 2.45) is 5.92 Å². The Balaban J connectivity index is 2.42. The average molecular weight is 234 g/mol. The number of amides is 2. The molecule has 1 aliphatic heterocycles. The maximum absolute atomic E-state index is 12.1. The number of fused-ring (bicyclic) bond motifs is 1. The molecule has 1 atom stereocenters. The van der Waals surface area contributed by atoms with Gasteiger partial charge in [-0.1, -0.05) is 13.8 Å². The first-order valence-electron chi connectivity index (χ1n) is 5.50. The number of aliphatic hydroxyl groups is 1. The van der Waals surface area contributed by atoms with Gasteiger partial charge in [-0.15, -0.1) is 0 Å². The van der Waals surface area contributed by atoms with Gasteiger partial charge in [0.1, 0.15) is 0 Å². The third-order valence-corrected chi connectivity index (χ3v) is 3.01. The molecular weight excluding hydrogens is 220 g/mol. The van der Waals surface area contributed by atoms with Crippen molar-refractivity contribution in [2.45, 2.75) is 19.9 Å². The molecule has 1 N–H and O–H groups in total. The lowest BCUT2D eigenvalue weighted by Crippen LogP contribution is -2.45. The standard InChI is InChI=1S/C12H14N2O3/c1-7(2)10(6-15)14-11(16)8-3-4-13-5-9(8)12(14)17/h3-5,7,10,15H,6H2,1-2H3. The van der Waals surface area contributed by atoms with Crippen molar-refractivity contribution in [1.29, 1.82) is 0 Å². The third kappa shape index (κ3) is 1.72. The van der Waals surface area contributed by atoms with Crippen LogP contribution in [0.25, 0.3) is 0 Å². The van der Waals surface area contributed by atoms with Crippen LogP contribution in [0.2, 0.25) is 0 Å². The van der Waals surface area contributed by atoms with Crippen LogP contribution in [0.1, 0.15) is 34.6 Å². The fourth-order valence-corrected chi connectivity index (χ4v) is 1.99. The van der Waals surface area contributed by atoms with E-state index in [-0.39, 0.29) is 24.3 Å². The Morgan fingerprint density at radius 3 is 2.47 bits per heavy atom. The van der Waals surface area contributed by atoms with Crippen LogP contribution < -0.4 is 0 Å². The summed E-state index contributed by atoms with van der Waals surface area (Å²) in [6.07, 6.45) is 2.88. The number of pyridine rings is 1. The van der Waals surface area contributed by atoms with E-state index < -0.39 is 6.04 Å². The van der Waals surface area contributed by atoms with Crippen LogP contribution in [0.3, 0.4) is 0 Å². The van der Waals surface area contributed by atoms with E-state index in [1.807, 2.05) is 13.8 Å². The third-order valence-electron chi connectivity index (χ3n) is 3.01. The molecule has 0 radical (unpaired) electrons. The van der Waals surface area contributed by atoms with Gasteiger partial charge >= 0.3 is 0 Å². The van der Waals surface area contributed by atoms with Gasteiger partial charge in [0.05, 0.1) is 23.8 Å². The van der Waals surface area contributed by atoms with Gasteiger partial charge in [-0.25, -0.2) is 0 Å². The number of aliphatic hydroxyl groups excluding tert-OH is 1. The summed E-state index contributed by atoms with van der Waals surface area (Å²) in [5, 5.41) is 9.31. The van der Waals surface area contributed by atoms with Crippen LogP contribution >= 0.6 is 0 Å². The number of rotatable bonds is 3. The van der Waals surface area contributed by atoms with Crippen molar-refractivity contribution in [2.75, 3.05) is 6.61 Å². The Bertz CT molecular complexity index is 436. The Hall–Kier alpha value is -1.75. The Kier molecular flexibility index (Phi) is 2.93. The molecule has 2 rings (SSSR count). The normalized spacial score (nSPS) is 16.6. The number of nitrogens with zero attached hydrogens (tertiary/aromatic N) is 2. The number of carbonyl (C=O) groups is 2. The first-order valence-corrected chi connectivity index (χ1v) is 5.50. The number of carbonyl (C=O) groups excluding carboxylic acids is 2. The smallest absolute Gasteiger partial charge is 0.263 e. The summed E-state index contributed by atoms with van der Waals surface area (Å²) in [6, 6.07) is 1.05. The zero-order valence-corrected chi connectivity index (χ0v) is 9.75. The average Bonchev–Trinajstić information content (AvgIpc) is 2.56. The van der Waals surface area contributed by atoms with Crippen LogP contribution in [0.4, 0.5) is 0 Å². The van der Waals surface area contributed by atoms with Gasteiger partial charge in [-0.2, -0.15) is 0 Å². The van der Waals surface area contributed by atoms with Gasteiger partial charge in [-0.05, 0) is 12.0 Å². The van der Waals surface area contributed by atoms with Crippen LogP contribution in [0.5, 0.6) is 0 Å². The molecule has 0 bridgehead atoms. The maximum Gasteiger partial charge on any atom is 0.263 e.